The molecule has 0 aliphatic carbocycles. The highest BCUT2D eigenvalue weighted by molar-refractivity contribution is 5.87. The van der Waals surface area contributed by atoms with Gasteiger partial charge in [-0.25, -0.2) is 14.6 Å². The molecule has 0 aromatic carbocycles. The highest BCUT2D eigenvalue weighted by atomic mass is 16.6. The molecular weight excluding hydrogens is 322 g/mol. The molecule has 1 unspecified atom stereocenters. The Morgan fingerprint density at radius 2 is 1.60 bits per heavy atom. The molecule has 0 fully saturated rings. The van der Waals surface area contributed by atoms with E-state index >= 15 is 0 Å². The minimum atomic E-state index is -1.50. The van der Waals surface area contributed by atoms with Crippen molar-refractivity contribution in [3.05, 3.63) is 23.9 Å². The van der Waals surface area contributed by atoms with Gasteiger partial charge in [0.15, 0.2) is 5.41 Å². The number of esters is 1. The summed E-state index contributed by atoms with van der Waals surface area (Å²) in [5.41, 5.74) is -2.45. The maximum absolute atomic E-state index is 12.4. The second-order valence-corrected chi connectivity index (χ2v) is 7.80. The van der Waals surface area contributed by atoms with Crippen LogP contribution < -0.4 is 5.32 Å². The molecule has 7 nitrogen and oxygen atoms in total. The number of rotatable bonds is 3. The maximum atomic E-state index is 12.4. The van der Waals surface area contributed by atoms with Crippen molar-refractivity contribution in [1.82, 2.24) is 4.98 Å². The van der Waals surface area contributed by atoms with Crippen LogP contribution >= 0.6 is 0 Å². The van der Waals surface area contributed by atoms with E-state index in [4.69, 9.17) is 9.47 Å². The van der Waals surface area contributed by atoms with Crippen molar-refractivity contribution in [2.75, 3.05) is 5.32 Å². The number of ether oxygens (including phenoxy) is 2. The molecule has 0 radical (unpaired) electrons. The van der Waals surface area contributed by atoms with Crippen molar-refractivity contribution in [1.29, 1.82) is 5.26 Å². The molecule has 7 heteroatoms. The summed E-state index contributed by atoms with van der Waals surface area (Å²) in [5, 5.41) is 12.0. The number of nitrogens with zero attached hydrogens (tertiary/aromatic N) is 2. The molecule has 1 aromatic heterocycles. The predicted octanol–water partition coefficient (Wildman–Crippen LogP) is 3.55. The molecule has 1 rings (SSSR count). The number of carbonyl (C=O) groups is 2. The van der Waals surface area contributed by atoms with Gasteiger partial charge in [0.05, 0.1) is 6.07 Å². The molecule has 0 aliphatic heterocycles. The van der Waals surface area contributed by atoms with Gasteiger partial charge in [-0.3, -0.25) is 5.32 Å². The number of aromatic nitrogens is 1. The number of pyridine rings is 1. The zero-order valence-corrected chi connectivity index (χ0v) is 15.8. The Labute approximate surface area is 148 Å². The normalized spacial score (nSPS) is 14.0. The lowest BCUT2D eigenvalue weighted by molar-refractivity contribution is -0.159. The summed E-state index contributed by atoms with van der Waals surface area (Å²) in [6.45, 7) is 11.9. The van der Waals surface area contributed by atoms with Crippen LogP contribution in [0.1, 0.15) is 54.0 Å². The molecule has 1 amide bonds. The fraction of sp³-hybridized carbons (Fsp3) is 0.556. The molecule has 0 saturated heterocycles. The molecule has 0 bridgehead atoms. The summed E-state index contributed by atoms with van der Waals surface area (Å²) in [4.78, 5) is 28.2. The molecule has 1 N–H and O–H groups in total. The number of anilines is 1. The topological polar surface area (TPSA) is 101 Å². The van der Waals surface area contributed by atoms with E-state index in [-0.39, 0.29) is 5.82 Å². The first kappa shape index (κ1) is 20.4. The average molecular weight is 347 g/mol. The van der Waals surface area contributed by atoms with Gasteiger partial charge in [0.2, 0.25) is 0 Å². The first-order chi connectivity index (χ1) is 11.3. The standard InChI is InChI=1S/C18H25N3O4/c1-16(2,3)24-14(22)18(7,11-19)12-8-9-13(20-10-12)21-15(23)25-17(4,5)6/h8-10H,1-7H3,(H,20,21,23). The van der Waals surface area contributed by atoms with Crippen molar-refractivity contribution in [3.63, 3.8) is 0 Å². The lowest BCUT2D eigenvalue weighted by Crippen LogP contribution is -2.38. The van der Waals surface area contributed by atoms with Crippen LogP contribution in [0.3, 0.4) is 0 Å². The molecule has 1 aromatic rings. The van der Waals surface area contributed by atoms with Gasteiger partial charge in [0, 0.05) is 11.8 Å². The Hall–Kier alpha value is -2.62. The van der Waals surface area contributed by atoms with E-state index in [1.807, 2.05) is 6.07 Å². The zero-order chi connectivity index (χ0) is 19.5. The van der Waals surface area contributed by atoms with Gasteiger partial charge >= 0.3 is 12.1 Å². The molecule has 0 aliphatic rings. The van der Waals surface area contributed by atoms with Crippen LogP contribution in [0.15, 0.2) is 18.3 Å². The monoisotopic (exact) mass is 347 g/mol. The Balaban J connectivity index is 2.95. The maximum Gasteiger partial charge on any atom is 0.413 e. The van der Waals surface area contributed by atoms with E-state index in [0.29, 0.717) is 5.56 Å². The second kappa shape index (κ2) is 7.09. The van der Waals surface area contributed by atoms with E-state index in [2.05, 4.69) is 10.3 Å². The largest absolute Gasteiger partial charge is 0.459 e. The number of nitrogens with one attached hydrogen (secondary N) is 1. The highest BCUT2D eigenvalue weighted by Gasteiger charge is 2.39. The molecule has 0 saturated carbocycles. The summed E-state index contributed by atoms with van der Waals surface area (Å²) in [6, 6.07) is 5.03. The Morgan fingerprint density at radius 1 is 1.04 bits per heavy atom. The summed E-state index contributed by atoms with van der Waals surface area (Å²) >= 11 is 0. The Bertz CT molecular complexity index is 678. The van der Waals surface area contributed by atoms with Gasteiger partial charge in [-0.05, 0) is 54.5 Å². The third kappa shape index (κ3) is 6.07. The van der Waals surface area contributed by atoms with Gasteiger partial charge in [-0.2, -0.15) is 5.26 Å². The van der Waals surface area contributed by atoms with Gasteiger partial charge in [0.25, 0.3) is 0 Å². The molecule has 25 heavy (non-hydrogen) atoms. The average Bonchev–Trinajstić information content (AvgIpc) is 2.43. The van der Waals surface area contributed by atoms with Crippen molar-refractivity contribution in [2.24, 2.45) is 0 Å². The minimum absolute atomic E-state index is 0.252. The van der Waals surface area contributed by atoms with Crippen LogP contribution in [0.4, 0.5) is 10.6 Å². The van der Waals surface area contributed by atoms with Gasteiger partial charge in [0.1, 0.15) is 17.0 Å². The number of nitriles is 1. The number of amides is 1. The molecular formula is C18H25N3O4. The van der Waals surface area contributed by atoms with Crippen molar-refractivity contribution < 1.29 is 19.1 Å². The van der Waals surface area contributed by atoms with Gasteiger partial charge < -0.3 is 9.47 Å². The van der Waals surface area contributed by atoms with E-state index < -0.39 is 28.7 Å². The lowest BCUT2D eigenvalue weighted by atomic mass is 9.85. The number of hydrogen-bond donors (Lipinski definition) is 1. The smallest absolute Gasteiger partial charge is 0.413 e. The summed E-state index contributed by atoms with van der Waals surface area (Å²) < 4.78 is 10.5. The SMILES string of the molecule is CC(C)(C)OC(=O)Nc1ccc(C(C)(C#N)C(=O)OC(C)(C)C)cn1. The quantitative estimate of drug-likeness (QED) is 0.839. The zero-order valence-electron chi connectivity index (χ0n) is 15.8. The van der Waals surface area contributed by atoms with Gasteiger partial charge in [-0.1, -0.05) is 6.07 Å². The van der Waals surface area contributed by atoms with E-state index in [1.165, 1.54) is 19.2 Å². The minimum Gasteiger partial charge on any atom is -0.459 e. The van der Waals surface area contributed by atoms with E-state index in [9.17, 15) is 14.9 Å². The summed E-state index contributed by atoms with van der Waals surface area (Å²) in [5.74, 6) is -0.403. The molecule has 1 atom stereocenters. The van der Waals surface area contributed by atoms with Crippen molar-refractivity contribution in [3.8, 4) is 6.07 Å². The van der Waals surface area contributed by atoms with Crippen LogP contribution in [-0.4, -0.2) is 28.2 Å². The Morgan fingerprint density at radius 3 is 2.00 bits per heavy atom. The van der Waals surface area contributed by atoms with Crippen molar-refractivity contribution >= 4 is 17.9 Å². The first-order valence-electron chi connectivity index (χ1n) is 7.88. The van der Waals surface area contributed by atoms with Crippen LogP contribution in [0.2, 0.25) is 0 Å². The van der Waals surface area contributed by atoms with Crippen LogP contribution in [0.5, 0.6) is 0 Å². The van der Waals surface area contributed by atoms with Crippen molar-refractivity contribution in [2.45, 2.75) is 65.1 Å². The molecule has 0 spiro atoms. The third-order valence-corrected chi connectivity index (χ3v) is 3.00. The third-order valence-electron chi connectivity index (χ3n) is 3.00. The van der Waals surface area contributed by atoms with Crippen LogP contribution in [0, 0.1) is 11.3 Å². The second-order valence-electron chi connectivity index (χ2n) is 7.80. The van der Waals surface area contributed by atoms with E-state index in [1.54, 1.807) is 47.6 Å². The summed E-state index contributed by atoms with van der Waals surface area (Å²) in [6.07, 6.45) is 0.725. The van der Waals surface area contributed by atoms with Gasteiger partial charge in [-0.15, -0.1) is 0 Å². The first-order valence-corrected chi connectivity index (χ1v) is 7.88. The molecule has 1 heterocycles. The number of carbonyl (C=O) groups excluding carboxylic acids is 2. The molecule has 136 valence electrons. The van der Waals surface area contributed by atoms with Crippen LogP contribution in [-0.2, 0) is 19.7 Å². The van der Waals surface area contributed by atoms with E-state index in [0.717, 1.165) is 0 Å². The number of hydrogen-bond acceptors (Lipinski definition) is 6. The predicted molar refractivity (Wildman–Crippen MR) is 92.9 cm³/mol. The Kier molecular flexibility index (Phi) is 5.80. The lowest BCUT2D eigenvalue weighted by Gasteiger charge is -2.26. The fourth-order valence-electron chi connectivity index (χ4n) is 1.78. The highest BCUT2D eigenvalue weighted by Crippen LogP contribution is 2.27. The summed E-state index contributed by atoms with van der Waals surface area (Å²) in [7, 11) is 0. The van der Waals surface area contributed by atoms with Crippen LogP contribution in [0.25, 0.3) is 0 Å². The fourth-order valence-corrected chi connectivity index (χ4v) is 1.78.